The lowest BCUT2D eigenvalue weighted by atomic mass is 9.88. The smallest absolute Gasteiger partial charge is 0.224 e. The molecule has 19 heavy (non-hydrogen) atoms. The van der Waals surface area contributed by atoms with Gasteiger partial charge in [0.05, 0.1) is 12.0 Å². The first kappa shape index (κ1) is 13.1. The molecular weight excluding hydrogens is 258 g/mol. The van der Waals surface area contributed by atoms with E-state index < -0.39 is 0 Å². The number of carbonyl (C=O) groups excluding carboxylic acids is 1. The van der Waals surface area contributed by atoms with E-state index in [-0.39, 0.29) is 23.9 Å². The molecule has 0 aliphatic carbocycles. The topological polar surface area (TPSA) is 58.4 Å². The summed E-state index contributed by atoms with van der Waals surface area (Å²) in [5.74, 6) is 0.386. The first-order chi connectivity index (χ1) is 9.18. The maximum atomic E-state index is 11.9. The Labute approximate surface area is 118 Å². The van der Waals surface area contributed by atoms with Crippen LogP contribution in [-0.4, -0.2) is 36.0 Å². The van der Waals surface area contributed by atoms with Crippen LogP contribution in [0.1, 0.15) is 31.4 Å². The van der Waals surface area contributed by atoms with Gasteiger partial charge < -0.3 is 11.1 Å². The predicted octanol–water partition coefficient (Wildman–Crippen LogP) is 1.35. The second-order valence-electron chi connectivity index (χ2n) is 5.66. The summed E-state index contributed by atoms with van der Waals surface area (Å²) in [7, 11) is 0. The van der Waals surface area contributed by atoms with Gasteiger partial charge in [0.25, 0.3) is 0 Å². The first-order valence-corrected chi connectivity index (χ1v) is 7.94. The van der Waals surface area contributed by atoms with Crippen molar-refractivity contribution in [2.75, 3.05) is 13.1 Å². The van der Waals surface area contributed by atoms with E-state index in [9.17, 15) is 4.79 Å². The van der Waals surface area contributed by atoms with E-state index in [1.54, 1.807) is 11.3 Å². The Hall–Kier alpha value is -0.910. The van der Waals surface area contributed by atoms with Crippen LogP contribution in [0, 0.1) is 5.92 Å². The molecule has 104 valence electrons. The van der Waals surface area contributed by atoms with Crippen LogP contribution >= 0.6 is 11.3 Å². The Kier molecular flexibility index (Phi) is 3.60. The molecule has 3 N–H and O–H groups in total. The number of nitrogens with one attached hydrogen (secondary N) is 1. The number of likely N-dealkylation sites (tertiary alicyclic amines) is 1. The molecule has 2 aliphatic rings. The monoisotopic (exact) mass is 279 g/mol. The molecule has 0 spiro atoms. The number of nitrogens with zero attached hydrogens (tertiary/aromatic N) is 1. The van der Waals surface area contributed by atoms with E-state index in [0.717, 1.165) is 25.9 Å². The normalized spacial score (nSPS) is 30.7. The predicted molar refractivity (Wildman–Crippen MR) is 76.9 cm³/mol. The minimum Gasteiger partial charge on any atom is -0.354 e. The first-order valence-electron chi connectivity index (χ1n) is 6.99. The quantitative estimate of drug-likeness (QED) is 0.878. The maximum absolute atomic E-state index is 11.9. The van der Waals surface area contributed by atoms with Gasteiger partial charge in [-0.3, -0.25) is 9.69 Å². The molecule has 1 aromatic rings. The van der Waals surface area contributed by atoms with E-state index in [1.807, 2.05) is 0 Å². The van der Waals surface area contributed by atoms with Crippen LogP contribution in [0.5, 0.6) is 0 Å². The van der Waals surface area contributed by atoms with Crippen molar-refractivity contribution in [3.8, 4) is 0 Å². The molecule has 3 rings (SSSR count). The zero-order valence-corrected chi connectivity index (χ0v) is 12.0. The fraction of sp³-hybridized carbons (Fsp3) is 0.643. The van der Waals surface area contributed by atoms with Crippen molar-refractivity contribution in [2.24, 2.45) is 11.7 Å². The molecule has 3 heterocycles. The number of hydrogen-bond acceptors (Lipinski definition) is 4. The van der Waals surface area contributed by atoms with E-state index in [4.69, 9.17) is 5.73 Å². The minimum atomic E-state index is 0.0732. The lowest BCUT2D eigenvalue weighted by Crippen LogP contribution is -2.51. The Morgan fingerprint density at radius 3 is 3.11 bits per heavy atom. The van der Waals surface area contributed by atoms with Crippen LogP contribution in [0.2, 0.25) is 0 Å². The van der Waals surface area contributed by atoms with Gasteiger partial charge in [0.1, 0.15) is 0 Å². The Morgan fingerprint density at radius 1 is 1.58 bits per heavy atom. The van der Waals surface area contributed by atoms with Crippen LogP contribution < -0.4 is 11.1 Å². The molecule has 5 heteroatoms. The highest BCUT2D eigenvalue weighted by Gasteiger charge is 2.44. The summed E-state index contributed by atoms with van der Waals surface area (Å²) < 4.78 is 0. The van der Waals surface area contributed by atoms with Crippen LogP contribution in [0.3, 0.4) is 0 Å². The molecule has 2 aliphatic heterocycles. The van der Waals surface area contributed by atoms with E-state index in [1.165, 1.54) is 5.56 Å². The number of fused-ring (bicyclic) bond motifs is 1. The van der Waals surface area contributed by atoms with Crippen LogP contribution in [0.15, 0.2) is 16.8 Å². The zero-order chi connectivity index (χ0) is 13.4. The molecule has 4 unspecified atom stereocenters. The SMILES string of the molecule is CC(N)C(c1ccsc1)N1CCCC2C(=O)NCC21. The number of thiophene rings is 1. The van der Waals surface area contributed by atoms with Gasteiger partial charge in [0, 0.05) is 18.6 Å². The summed E-state index contributed by atoms with van der Waals surface area (Å²) in [5, 5.41) is 7.30. The molecule has 0 saturated carbocycles. The molecule has 4 nitrogen and oxygen atoms in total. The molecule has 0 bridgehead atoms. The summed E-state index contributed by atoms with van der Waals surface area (Å²) in [6.07, 6.45) is 2.10. The molecule has 2 saturated heterocycles. The maximum Gasteiger partial charge on any atom is 0.224 e. The van der Waals surface area contributed by atoms with Crippen molar-refractivity contribution in [1.82, 2.24) is 10.2 Å². The van der Waals surface area contributed by atoms with Crippen molar-refractivity contribution in [3.05, 3.63) is 22.4 Å². The highest BCUT2D eigenvalue weighted by atomic mass is 32.1. The third-order valence-corrected chi connectivity index (χ3v) is 5.09. The zero-order valence-electron chi connectivity index (χ0n) is 11.2. The van der Waals surface area contributed by atoms with E-state index >= 15 is 0 Å². The third kappa shape index (κ3) is 2.30. The van der Waals surface area contributed by atoms with E-state index in [2.05, 4.69) is 34.0 Å². The molecule has 0 radical (unpaired) electrons. The molecule has 2 fully saturated rings. The fourth-order valence-corrected chi connectivity index (χ4v) is 4.26. The Balaban J connectivity index is 1.88. The van der Waals surface area contributed by atoms with Crippen molar-refractivity contribution in [3.63, 3.8) is 0 Å². The number of rotatable bonds is 3. The fourth-order valence-electron chi connectivity index (χ4n) is 3.57. The summed E-state index contributed by atoms with van der Waals surface area (Å²) in [6.45, 7) is 3.88. The van der Waals surface area contributed by atoms with Crippen LogP contribution in [0.4, 0.5) is 0 Å². The van der Waals surface area contributed by atoms with Crippen molar-refractivity contribution in [1.29, 1.82) is 0 Å². The second-order valence-corrected chi connectivity index (χ2v) is 6.44. The highest BCUT2D eigenvalue weighted by Crippen LogP contribution is 2.35. The van der Waals surface area contributed by atoms with Gasteiger partial charge in [-0.05, 0) is 48.7 Å². The molecule has 0 aromatic carbocycles. The van der Waals surface area contributed by atoms with E-state index in [0.29, 0.717) is 6.04 Å². The van der Waals surface area contributed by atoms with Crippen LogP contribution in [-0.2, 0) is 4.79 Å². The highest BCUT2D eigenvalue weighted by molar-refractivity contribution is 7.07. The summed E-state index contributed by atoms with van der Waals surface area (Å²) in [4.78, 5) is 14.3. The number of hydrogen-bond donors (Lipinski definition) is 2. The molecule has 1 aromatic heterocycles. The van der Waals surface area contributed by atoms with Gasteiger partial charge in [0.2, 0.25) is 5.91 Å². The molecule has 4 atom stereocenters. The Morgan fingerprint density at radius 2 is 2.42 bits per heavy atom. The lowest BCUT2D eigenvalue weighted by molar-refractivity contribution is -0.124. The van der Waals surface area contributed by atoms with Gasteiger partial charge in [0.15, 0.2) is 0 Å². The van der Waals surface area contributed by atoms with Gasteiger partial charge in [-0.25, -0.2) is 0 Å². The van der Waals surface area contributed by atoms with Gasteiger partial charge >= 0.3 is 0 Å². The summed E-state index contributed by atoms with van der Waals surface area (Å²) in [6, 6.07) is 2.78. The Bertz CT molecular complexity index is 446. The molecule has 1 amide bonds. The number of nitrogens with two attached hydrogens (primary N) is 1. The van der Waals surface area contributed by atoms with Crippen LogP contribution in [0.25, 0.3) is 0 Å². The number of carbonyl (C=O) groups is 1. The third-order valence-electron chi connectivity index (χ3n) is 4.38. The van der Waals surface area contributed by atoms with Gasteiger partial charge in [-0.2, -0.15) is 11.3 Å². The average molecular weight is 279 g/mol. The van der Waals surface area contributed by atoms with Crippen molar-refractivity contribution in [2.45, 2.75) is 37.9 Å². The summed E-state index contributed by atoms with van der Waals surface area (Å²) in [5.41, 5.74) is 7.53. The van der Waals surface area contributed by atoms with Crippen molar-refractivity contribution >= 4 is 17.2 Å². The molecular formula is C14H21N3OS. The average Bonchev–Trinajstić information content (AvgIpc) is 3.01. The van der Waals surface area contributed by atoms with Gasteiger partial charge in [-0.1, -0.05) is 0 Å². The minimum absolute atomic E-state index is 0.0732. The largest absolute Gasteiger partial charge is 0.354 e. The standard InChI is InChI=1S/C14H21N3OS/c1-9(15)13(10-4-6-19-8-10)17-5-2-3-11-12(17)7-16-14(11)18/h4,6,8-9,11-13H,2-3,5,7,15H2,1H3,(H,16,18). The second kappa shape index (κ2) is 5.23. The summed E-state index contributed by atoms with van der Waals surface area (Å²) >= 11 is 1.71. The van der Waals surface area contributed by atoms with Crippen molar-refractivity contribution < 1.29 is 4.79 Å². The number of amides is 1. The van der Waals surface area contributed by atoms with Gasteiger partial charge in [-0.15, -0.1) is 0 Å². The number of piperidine rings is 1. The lowest BCUT2D eigenvalue weighted by Gasteiger charge is -2.42.